The maximum absolute atomic E-state index is 12.1. The largest absolute Gasteiger partial charge is 0.405 e. The molecule has 1 aliphatic rings. The number of hydrogen-bond acceptors (Lipinski definition) is 2. The molecule has 0 spiro atoms. The Bertz CT molecular complexity index is 323. The van der Waals surface area contributed by atoms with Gasteiger partial charge in [0.15, 0.2) is 0 Å². The van der Waals surface area contributed by atoms with Crippen LogP contribution in [0.4, 0.5) is 13.2 Å². The van der Waals surface area contributed by atoms with E-state index in [1.165, 1.54) is 0 Å². The molecule has 1 aliphatic carbocycles. The van der Waals surface area contributed by atoms with Gasteiger partial charge in [-0.15, -0.1) is 0 Å². The van der Waals surface area contributed by atoms with E-state index < -0.39 is 24.0 Å². The molecule has 0 aromatic rings. The molecule has 0 heterocycles. The van der Waals surface area contributed by atoms with Crippen LogP contribution in [-0.4, -0.2) is 23.6 Å². The van der Waals surface area contributed by atoms with Crippen LogP contribution in [0.2, 0.25) is 0 Å². The summed E-state index contributed by atoms with van der Waals surface area (Å²) >= 11 is 4.91. The summed E-state index contributed by atoms with van der Waals surface area (Å²) in [5.74, 6) is -0.686. The topological polar surface area (TPSA) is 55.1 Å². The van der Waals surface area contributed by atoms with Gasteiger partial charge in [-0.2, -0.15) is 13.2 Å². The van der Waals surface area contributed by atoms with Gasteiger partial charge in [-0.05, 0) is 12.8 Å². The van der Waals surface area contributed by atoms with E-state index in [1.807, 2.05) is 5.32 Å². The Morgan fingerprint density at radius 1 is 1.22 bits per heavy atom. The lowest BCUT2D eigenvalue weighted by atomic mass is 9.79. The van der Waals surface area contributed by atoms with Crippen LogP contribution in [-0.2, 0) is 4.79 Å². The summed E-state index contributed by atoms with van der Waals surface area (Å²) in [6, 6.07) is 0. The number of alkyl halides is 3. The second-order valence-electron chi connectivity index (χ2n) is 4.66. The lowest BCUT2D eigenvalue weighted by Crippen LogP contribution is -2.50. The summed E-state index contributed by atoms with van der Waals surface area (Å²) in [6.07, 6.45) is -0.114. The summed E-state index contributed by atoms with van der Waals surface area (Å²) in [6.45, 7) is -1.34. The number of nitrogens with one attached hydrogen (secondary N) is 1. The van der Waals surface area contributed by atoms with Crippen molar-refractivity contribution in [2.24, 2.45) is 11.1 Å². The van der Waals surface area contributed by atoms with Gasteiger partial charge in [0.05, 0.1) is 10.4 Å². The van der Waals surface area contributed by atoms with E-state index in [0.29, 0.717) is 12.8 Å². The Balaban J connectivity index is 2.77. The fraction of sp³-hybridized carbons (Fsp3) is 0.818. The van der Waals surface area contributed by atoms with Crippen molar-refractivity contribution in [2.75, 3.05) is 6.54 Å². The summed E-state index contributed by atoms with van der Waals surface area (Å²) in [4.78, 5) is 12.0. The van der Waals surface area contributed by atoms with Crippen molar-refractivity contribution >= 4 is 23.1 Å². The molecule has 104 valence electrons. The van der Waals surface area contributed by atoms with Gasteiger partial charge < -0.3 is 11.1 Å². The zero-order valence-corrected chi connectivity index (χ0v) is 10.8. The maximum atomic E-state index is 12.1. The highest BCUT2D eigenvalue weighted by atomic mass is 32.1. The second-order valence-corrected chi connectivity index (χ2v) is 5.10. The normalized spacial score (nSPS) is 19.9. The van der Waals surface area contributed by atoms with E-state index in [9.17, 15) is 18.0 Å². The van der Waals surface area contributed by atoms with E-state index in [2.05, 4.69) is 0 Å². The molecule has 18 heavy (non-hydrogen) atoms. The Morgan fingerprint density at radius 2 is 1.72 bits per heavy atom. The number of carbonyl (C=O) groups is 1. The molecule has 1 saturated carbocycles. The molecule has 1 rings (SSSR count). The number of halogens is 3. The van der Waals surface area contributed by atoms with Crippen molar-refractivity contribution in [2.45, 2.75) is 44.7 Å². The van der Waals surface area contributed by atoms with Crippen LogP contribution in [0.3, 0.4) is 0 Å². The standard InChI is InChI=1S/C11H17F3N2OS/c12-11(13,14)7-16-9(17)10(8(15)18)5-3-1-2-4-6-10/h1-7H2,(H2,15,18)(H,16,17). The Labute approximate surface area is 109 Å². The third-order valence-corrected chi connectivity index (χ3v) is 3.70. The van der Waals surface area contributed by atoms with E-state index in [0.717, 1.165) is 25.7 Å². The predicted octanol–water partition coefficient (Wildman–Crippen LogP) is 2.29. The third kappa shape index (κ3) is 3.83. The van der Waals surface area contributed by atoms with Gasteiger partial charge in [-0.3, -0.25) is 4.79 Å². The average Bonchev–Trinajstić information content (AvgIpc) is 2.51. The Kier molecular flexibility index (Phi) is 4.95. The lowest BCUT2D eigenvalue weighted by molar-refractivity contribution is -0.142. The lowest BCUT2D eigenvalue weighted by Gasteiger charge is -2.30. The Hall–Kier alpha value is -0.850. The number of amides is 1. The minimum absolute atomic E-state index is 0.00377. The van der Waals surface area contributed by atoms with Crippen molar-refractivity contribution in [1.29, 1.82) is 0 Å². The van der Waals surface area contributed by atoms with Crippen LogP contribution in [0.1, 0.15) is 38.5 Å². The van der Waals surface area contributed by atoms with Crippen LogP contribution < -0.4 is 11.1 Å². The van der Waals surface area contributed by atoms with Crippen molar-refractivity contribution in [1.82, 2.24) is 5.32 Å². The highest BCUT2D eigenvalue weighted by molar-refractivity contribution is 7.80. The molecule has 0 aromatic carbocycles. The molecule has 0 radical (unpaired) electrons. The predicted molar refractivity (Wildman–Crippen MR) is 66.0 cm³/mol. The fourth-order valence-corrected chi connectivity index (χ4v) is 2.56. The van der Waals surface area contributed by atoms with Crippen LogP contribution in [0.25, 0.3) is 0 Å². The molecule has 7 heteroatoms. The van der Waals surface area contributed by atoms with E-state index in [4.69, 9.17) is 18.0 Å². The van der Waals surface area contributed by atoms with Gasteiger partial charge >= 0.3 is 6.18 Å². The molecule has 1 amide bonds. The van der Waals surface area contributed by atoms with Crippen molar-refractivity contribution in [3.8, 4) is 0 Å². The number of hydrogen-bond donors (Lipinski definition) is 2. The number of nitrogens with two attached hydrogens (primary N) is 1. The smallest absolute Gasteiger partial charge is 0.392 e. The molecular weight excluding hydrogens is 265 g/mol. The summed E-state index contributed by atoms with van der Waals surface area (Å²) in [5, 5.41) is 1.91. The number of thiocarbonyl (C=S) groups is 1. The molecule has 0 atom stereocenters. The van der Waals surface area contributed by atoms with Gasteiger partial charge in [0.25, 0.3) is 0 Å². The van der Waals surface area contributed by atoms with Gasteiger partial charge in [0, 0.05) is 0 Å². The Morgan fingerprint density at radius 3 is 2.11 bits per heavy atom. The zero-order chi connectivity index (χ0) is 13.8. The minimum atomic E-state index is -4.42. The first kappa shape index (κ1) is 15.2. The number of carbonyl (C=O) groups excluding carboxylic acids is 1. The third-order valence-electron chi connectivity index (χ3n) is 3.31. The first-order valence-corrected chi connectivity index (χ1v) is 6.34. The second kappa shape index (κ2) is 5.86. The first-order chi connectivity index (χ1) is 8.28. The quantitative estimate of drug-likeness (QED) is 0.617. The zero-order valence-electron chi connectivity index (χ0n) is 9.98. The summed E-state index contributed by atoms with van der Waals surface area (Å²) < 4.78 is 36.3. The molecule has 0 saturated heterocycles. The van der Waals surface area contributed by atoms with E-state index in [-0.39, 0.29) is 4.99 Å². The molecule has 0 aliphatic heterocycles. The van der Waals surface area contributed by atoms with Gasteiger partial charge in [0.1, 0.15) is 6.54 Å². The molecule has 0 aromatic heterocycles. The van der Waals surface area contributed by atoms with E-state index >= 15 is 0 Å². The molecular formula is C11H17F3N2OS. The fourth-order valence-electron chi connectivity index (χ4n) is 2.27. The van der Waals surface area contributed by atoms with Crippen LogP contribution in [0, 0.1) is 5.41 Å². The summed E-state index contributed by atoms with van der Waals surface area (Å²) in [5.41, 5.74) is 4.50. The molecule has 3 N–H and O–H groups in total. The monoisotopic (exact) mass is 282 g/mol. The summed E-state index contributed by atoms with van der Waals surface area (Å²) in [7, 11) is 0. The van der Waals surface area contributed by atoms with Crippen LogP contribution >= 0.6 is 12.2 Å². The molecule has 0 unspecified atom stereocenters. The van der Waals surface area contributed by atoms with Gasteiger partial charge in [-0.1, -0.05) is 37.9 Å². The molecule has 3 nitrogen and oxygen atoms in total. The minimum Gasteiger partial charge on any atom is -0.392 e. The van der Waals surface area contributed by atoms with Crippen LogP contribution in [0.15, 0.2) is 0 Å². The molecule has 0 bridgehead atoms. The van der Waals surface area contributed by atoms with Gasteiger partial charge in [-0.25, -0.2) is 0 Å². The van der Waals surface area contributed by atoms with Crippen molar-refractivity contribution < 1.29 is 18.0 Å². The SMILES string of the molecule is NC(=S)C1(C(=O)NCC(F)(F)F)CCCCCC1. The van der Waals surface area contributed by atoms with Crippen LogP contribution in [0.5, 0.6) is 0 Å². The number of rotatable bonds is 3. The highest BCUT2D eigenvalue weighted by Gasteiger charge is 2.42. The average molecular weight is 282 g/mol. The molecule has 1 fully saturated rings. The highest BCUT2D eigenvalue weighted by Crippen LogP contribution is 2.36. The first-order valence-electron chi connectivity index (χ1n) is 5.93. The van der Waals surface area contributed by atoms with Crippen molar-refractivity contribution in [3.63, 3.8) is 0 Å². The maximum Gasteiger partial charge on any atom is 0.405 e. The van der Waals surface area contributed by atoms with Gasteiger partial charge in [0.2, 0.25) is 5.91 Å². The van der Waals surface area contributed by atoms with E-state index in [1.54, 1.807) is 0 Å². The van der Waals surface area contributed by atoms with Crippen molar-refractivity contribution in [3.05, 3.63) is 0 Å².